The summed E-state index contributed by atoms with van der Waals surface area (Å²) < 4.78 is 40.6. The highest BCUT2D eigenvalue weighted by Gasteiger charge is 2.34. The summed E-state index contributed by atoms with van der Waals surface area (Å²) in [6, 6.07) is 4.08. The number of benzene rings is 1. The van der Waals surface area contributed by atoms with Crippen LogP contribution in [-0.4, -0.2) is 74.1 Å². The van der Waals surface area contributed by atoms with E-state index < -0.39 is 21.6 Å². The number of rotatable bonds is 5. The summed E-state index contributed by atoms with van der Waals surface area (Å²) in [6.45, 7) is 2.49. The molecule has 2 fully saturated rings. The van der Waals surface area contributed by atoms with Crippen LogP contribution >= 0.6 is 11.6 Å². The van der Waals surface area contributed by atoms with Gasteiger partial charge in [-0.05, 0) is 25.0 Å². The van der Waals surface area contributed by atoms with Gasteiger partial charge in [-0.1, -0.05) is 17.7 Å². The molecule has 0 aromatic heterocycles. The molecule has 0 atom stereocenters. The Labute approximate surface area is 169 Å². The fraction of sp³-hybridized carbons (Fsp3) is 0.556. The lowest BCUT2D eigenvalue weighted by atomic mass is 9.96. The average Bonchev–Trinajstić information content (AvgIpc) is 2.70. The molecule has 0 N–H and O–H groups in total. The van der Waals surface area contributed by atoms with E-state index in [-0.39, 0.29) is 35.5 Å². The first-order valence-corrected chi connectivity index (χ1v) is 11.2. The molecule has 2 amide bonds. The smallest absolute Gasteiger partial charge is 0.225 e. The lowest BCUT2D eigenvalue weighted by molar-refractivity contribution is -0.140. The van der Waals surface area contributed by atoms with Gasteiger partial charge in [0.15, 0.2) is 0 Å². The third-order valence-corrected chi connectivity index (χ3v) is 7.52. The number of halogens is 2. The maximum Gasteiger partial charge on any atom is 0.225 e. The van der Waals surface area contributed by atoms with Gasteiger partial charge in [-0.25, -0.2) is 17.1 Å². The van der Waals surface area contributed by atoms with E-state index in [0.717, 1.165) is 6.41 Å². The zero-order chi connectivity index (χ0) is 20.3. The van der Waals surface area contributed by atoms with Gasteiger partial charge in [0.1, 0.15) is 5.82 Å². The molecule has 0 aliphatic carbocycles. The molecule has 0 bridgehead atoms. The molecular weight excluding hydrogens is 409 g/mol. The van der Waals surface area contributed by atoms with E-state index in [1.54, 1.807) is 9.80 Å². The van der Waals surface area contributed by atoms with E-state index in [1.165, 1.54) is 22.5 Å². The van der Waals surface area contributed by atoms with Crippen LogP contribution in [0, 0.1) is 11.7 Å². The summed E-state index contributed by atoms with van der Waals surface area (Å²) in [5.41, 5.74) is -0.0320. The number of carbonyl (C=O) groups is 2. The van der Waals surface area contributed by atoms with Gasteiger partial charge in [-0.2, -0.15) is 0 Å². The predicted octanol–water partition coefficient (Wildman–Crippen LogP) is 1.32. The van der Waals surface area contributed by atoms with Gasteiger partial charge in [0.2, 0.25) is 22.3 Å². The molecule has 0 saturated carbocycles. The monoisotopic (exact) mass is 431 g/mol. The highest BCUT2D eigenvalue weighted by atomic mass is 35.5. The van der Waals surface area contributed by atoms with Crippen LogP contribution in [0.4, 0.5) is 4.39 Å². The van der Waals surface area contributed by atoms with Crippen LogP contribution in [0.1, 0.15) is 18.4 Å². The van der Waals surface area contributed by atoms with Gasteiger partial charge in [0.05, 0.1) is 5.75 Å². The Balaban J connectivity index is 1.57. The van der Waals surface area contributed by atoms with Crippen molar-refractivity contribution >= 4 is 33.9 Å². The number of piperidine rings is 1. The van der Waals surface area contributed by atoms with E-state index >= 15 is 0 Å². The molecule has 0 radical (unpaired) electrons. The number of nitrogens with zero attached hydrogens (tertiary/aromatic N) is 3. The van der Waals surface area contributed by atoms with Crippen LogP contribution in [0.3, 0.4) is 0 Å². The summed E-state index contributed by atoms with van der Waals surface area (Å²) in [4.78, 5) is 26.8. The molecule has 2 aliphatic rings. The van der Waals surface area contributed by atoms with Crippen LogP contribution in [0.15, 0.2) is 18.2 Å². The van der Waals surface area contributed by atoms with Gasteiger partial charge >= 0.3 is 0 Å². The van der Waals surface area contributed by atoms with Crippen molar-refractivity contribution in [3.05, 3.63) is 34.6 Å². The average molecular weight is 432 g/mol. The molecule has 3 rings (SSSR count). The number of carbonyl (C=O) groups excluding carboxylic acids is 2. The molecule has 0 spiro atoms. The first-order chi connectivity index (χ1) is 13.3. The van der Waals surface area contributed by atoms with E-state index in [4.69, 9.17) is 11.6 Å². The topological polar surface area (TPSA) is 78.0 Å². The molecule has 0 unspecified atom stereocenters. The third kappa shape index (κ3) is 4.64. The molecular formula is C18H23ClFN3O4S. The summed E-state index contributed by atoms with van der Waals surface area (Å²) >= 11 is 5.95. The molecule has 2 aliphatic heterocycles. The largest absolute Gasteiger partial charge is 0.342 e. The molecule has 1 aromatic rings. The molecule has 2 heterocycles. The Morgan fingerprint density at radius 3 is 2.36 bits per heavy atom. The highest BCUT2D eigenvalue weighted by Crippen LogP contribution is 2.26. The van der Waals surface area contributed by atoms with Crippen molar-refractivity contribution in [2.24, 2.45) is 5.92 Å². The summed E-state index contributed by atoms with van der Waals surface area (Å²) in [5, 5.41) is 0.0862. The summed E-state index contributed by atoms with van der Waals surface area (Å²) in [5.74, 6) is -1.35. The first-order valence-electron chi connectivity index (χ1n) is 9.20. The van der Waals surface area contributed by atoms with Crippen LogP contribution in [0.25, 0.3) is 0 Å². The normalized spacial score (nSPS) is 19.6. The lowest BCUT2D eigenvalue weighted by Crippen LogP contribution is -2.51. The van der Waals surface area contributed by atoms with Crippen molar-refractivity contribution in [2.45, 2.75) is 18.6 Å². The minimum atomic E-state index is -3.73. The second-order valence-corrected chi connectivity index (χ2v) is 9.47. The van der Waals surface area contributed by atoms with Crippen molar-refractivity contribution < 1.29 is 22.4 Å². The van der Waals surface area contributed by atoms with Crippen LogP contribution in [-0.2, 0) is 25.4 Å². The zero-order valence-corrected chi connectivity index (χ0v) is 17.0. The Hall–Kier alpha value is -1.71. The minimum absolute atomic E-state index is 0.0137. The van der Waals surface area contributed by atoms with Gasteiger partial charge in [-0.3, -0.25) is 9.59 Å². The van der Waals surface area contributed by atoms with Crippen molar-refractivity contribution in [1.82, 2.24) is 14.1 Å². The molecule has 10 heteroatoms. The molecule has 2 saturated heterocycles. The number of amides is 2. The Bertz CT molecular complexity index is 815. The SMILES string of the molecule is O=CN1CCN(C(=O)C2CCN(S(=O)(=O)Cc3c(F)cccc3Cl)CC2)CC1. The molecule has 1 aromatic carbocycles. The molecule has 154 valence electrons. The van der Waals surface area contributed by atoms with Crippen molar-refractivity contribution in [1.29, 1.82) is 0 Å². The highest BCUT2D eigenvalue weighted by molar-refractivity contribution is 7.88. The summed E-state index contributed by atoms with van der Waals surface area (Å²) in [7, 11) is -3.73. The maximum atomic E-state index is 13.9. The standard InChI is InChI=1S/C18H23ClFN3O4S/c19-16-2-1-3-17(20)15(16)12-28(26,27)23-6-4-14(5-7-23)18(25)22-10-8-21(13-24)9-11-22/h1-3,13-14H,4-12H2. The van der Waals surface area contributed by atoms with Gasteiger partial charge < -0.3 is 9.80 Å². The molecule has 7 nitrogen and oxygen atoms in total. The van der Waals surface area contributed by atoms with Crippen LogP contribution in [0.5, 0.6) is 0 Å². The molecule has 28 heavy (non-hydrogen) atoms. The van der Waals surface area contributed by atoms with Crippen molar-refractivity contribution in [3.8, 4) is 0 Å². The number of hydrogen-bond acceptors (Lipinski definition) is 4. The van der Waals surface area contributed by atoms with Crippen molar-refractivity contribution in [2.75, 3.05) is 39.3 Å². The van der Waals surface area contributed by atoms with Crippen LogP contribution in [0.2, 0.25) is 5.02 Å². The second kappa shape index (κ2) is 8.75. The Morgan fingerprint density at radius 1 is 1.14 bits per heavy atom. The number of piperazine rings is 1. The van der Waals surface area contributed by atoms with E-state index in [1.807, 2.05) is 0 Å². The maximum absolute atomic E-state index is 13.9. The van der Waals surface area contributed by atoms with Crippen LogP contribution < -0.4 is 0 Å². The summed E-state index contributed by atoms with van der Waals surface area (Å²) in [6.07, 6.45) is 1.64. The van der Waals surface area contributed by atoms with Gasteiger partial charge in [0.25, 0.3) is 0 Å². The third-order valence-electron chi connectivity index (χ3n) is 5.36. The quantitative estimate of drug-likeness (QED) is 0.659. The van der Waals surface area contributed by atoms with E-state index in [2.05, 4.69) is 0 Å². The lowest BCUT2D eigenvalue weighted by Gasteiger charge is -2.37. The fourth-order valence-corrected chi connectivity index (χ4v) is 5.55. The van der Waals surface area contributed by atoms with E-state index in [9.17, 15) is 22.4 Å². The Kier molecular flexibility index (Phi) is 6.57. The van der Waals surface area contributed by atoms with Gasteiger partial charge in [-0.15, -0.1) is 0 Å². The van der Waals surface area contributed by atoms with Gasteiger partial charge in [0, 0.05) is 55.8 Å². The zero-order valence-electron chi connectivity index (χ0n) is 15.4. The number of sulfonamides is 1. The van der Waals surface area contributed by atoms with Crippen molar-refractivity contribution in [3.63, 3.8) is 0 Å². The fourth-order valence-electron chi connectivity index (χ4n) is 3.63. The minimum Gasteiger partial charge on any atom is -0.342 e. The number of hydrogen-bond donors (Lipinski definition) is 0. The van der Waals surface area contributed by atoms with E-state index in [0.29, 0.717) is 39.0 Å². The Morgan fingerprint density at radius 2 is 1.79 bits per heavy atom. The second-order valence-electron chi connectivity index (χ2n) is 7.10. The predicted molar refractivity (Wildman–Crippen MR) is 103 cm³/mol. The first kappa shape index (κ1) is 21.0.